The number of hydrogen-bond donors (Lipinski definition) is 1. The molecule has 3 heteroatoms. The van der Waals surface area contributed by atoms with Crippen LogP contribution in [0.2, 0.25) is 0 Å². The summed E-state index contributed by atoms with van der Waals surface area (Å²) in [5.74, 6) is 0.256. The normalized spacial score (nSPS) is 20.0. The first kappa shape index (κ1) is 12.4. The van der Waals surface area contributed by atoms with Gasteiger partial charge >= 0.3 is 0 Å². The first-order valence-corrected chi connectivity index (χ1v) is 6.98. The van der Waals surface area contributed by atoms with E-state index in [0.29, 0.717) is 6.42 Å². The maximum atomic E-state index is 10.5. The molecule has 0 saturated heterocycles. The van der Waals surface area contributed by atoms with Crippen LogP contribution in [0.4, 0.5) is 0 Å². The lowest BCUT2D eigenvalue weighted by atomic mass is 9.79. The Morgan fingerprint density at radius 1 is 1.37 bits per heavy atom. The molecule has 1 aromatic carbocycles. The Balaban J connectivity index is 1.79. The Morgan fingerprint density at radius 2 is 2.21 bits per heavy atom. The quantitative estimate of drug-likeness (QED) is 0.916. The maximum absolute atomic E-state index is 10.5. The molecule has 0 fully saturated rings. The molecule has 1 aromatic heterocycles. The van der Waals surface area contributed by atoms with Crippen LogP contribution >= 0.6 is 0 Å². The van der Waals surface area contributed by atoms with Gasteiger partial charge in [0.25, 0.3) is 0 Å². The van der Waals surface area contributed by atoms with Gasteiger partial charge in [-0.1, -0.05) is 24.3 Å². The fraction of sp³-hybridized carbons (Fsp3) is 0.438. The SMILES string of the molecule is Cn1ccc(CC(O)C2CCCc3ccccc32)n1. The molecule has 2 aromatic rings. The zero-order valence-corrected chi connectivity index (χ0v) is 11.3. The van der Waals surface area contributed by atoms with E-state index < -0.39 is 0 Å². The number of hydrogen-bond acceptors (Lipinski definition) is 2. The second kappa shape index (κ2) is 5.17. The zero-order chi connectivity index (χ0) is 13.2. The summed E-state index contributed by atoms with van der Waals surface area (Å²) >= 11 is 0. The smallest absolute Gasteiger partial charge is 0.0664 e. The second-order valence-electron chi connectivity index (χ2n) is 5.45. The molecular formula is C16H20N2O. The molecule has 0 spiro atoms. The van der Waals surface area contributed by atoms with E-state index in [1.165, 1.54) is 17.5 Å². The maximum Gasteiger partial charge on any atom is 0.0664 e. The molecule has 1 heterocycles. The molecule has 100 valence electrons. The molecule has 19 heavy (non-hydrogen) atoms. The summed E-state index contributed by atoms with van der Waals surface area (Å²) in [6, 6.07) is 10.5. The summed E-state index contributed by atoms with van der Waals surface area (Å²) in [4.78, 5) is 0. The summed E-state index contributed by atoms with van der Waals surface area (Å²) in [6.45, 7) is 0. The lowest BCUT2D eigenvalue weighted by molar-refractivity contribution is 0.133. The third-order valence-corrected chi connectivity index (χ3v) is 4.07. The molecule has 0 radical (unpaired) electrons. The Bertz CT molecular complexity index is 561. The van der Waals surface area contributed by atoms with E-state index in [4.69, 9.17) is 0 Å². The third-order valence-electron chi connectivity index (χ3n) is 4.07. The topological polar surface area (TPSA) is 38.0 Å². The minimum atomic E-state index is -0.337. The van der Waals surface area contributed by atoms with Crippen molar-refractivity contribution in [2.45, 2.75) is 37.7 Å². The summed E-state index contributed by atoms with van der Waals surface area (Å²) in [5, 5.41) is 14.9. The highest BCUT2D eigenvalue weighted by Crippen LogP contribution is 2.34. The van der Waals surface area contributed by atoms with Gasteiger partial charge in [0.2, 0.25) is 0 Å². The number of aryl methyl sites for hydroxylation is 2. The van der Waals surface area contributed by atoms with Crippen LogP contribution in [-0.2, 0) is 19.9 Å². The average molecular weight is 256 g/mol. The number of nitrogens with zero attached hydrogens (tertiary/aromatic N) is 2. The van der Waals surface area contributed by atoms with Crippen LogP contribution in [0.25, 0.3) is 0 Å². The number of aliphatic hydroxyl groups is 1. The van der Waals surface area contributed by atoms with Gasteiger partial charge in [-0.15, -0.1) is 0 Å². The molecule has 0 bridgehead atoms. The Labute approximate surface area is 113 Å². The Hall–Kier alpha value is -1.61. The molecular weight excluding hydrogens is 236 g/mol. The summed E-state index contributed by atoms with van der Waals surface area (Å²) in [5.41, 5.74) is 3.70. The lowest BCUT2D eigenvalue weighted by Gasteiger charge is -2.29. The van der Waals surface area contributed by atoms with Crippen molar-refractivity contribution in [3.63, 3.8) is 0 Å². The number of fused-ring (bicyclic) bond motifs is 1. The minimum Gasteiger partial charge on any atom is -0.392 e. The summed E-state index contributed by atoms with van der Waals surface area (Å²) < 4.78 is 1.79. The number of aromatic nitrogens is 2. The number of rotatable bonds is 3. The van der Waals surface area contributed by atoms with Crippen molar-refractivity contribution in [3.05, 3.63) is 53.3 Å². The van der Waals surface area contributed by atoms with E-state index >= 15 is 0 Å². The van der Waals surface area contributed by atoms with Crippen molar-refractivity contribution in [1.82, 2.24) is 9.78 Å². The van der Waals surface area contributed by atoms with Crippen molar-refractivity contribution >= 4 is 0 Å². The molecule has 2 atom stereocenters. The largest absolute Gasteiger partial charge is 0.392 e. The van der Waals surface area contributed by atoms with Crippen molar-refractivity contribution < 1.29 is 5.11 Å². The predicted octanol–water partition coefficient (Wildman–Crippen LogP) is 2.44. The van der Waals surface area contributed by atoms with Crippen molar-refractivity contribution in [3.8, 4) is 0 Å². The molecule has 0 amide bonds. The van der Waals surface area contributed by atoms with E-state index in [1.54, 1.807) is 4.68 Å². The summed E-state index contributed by atoms with van der Waals surface area (Å²) in [7, 11) is 1.91. The fourth-order valence-corrected chi connectivity index (χ4v) is 3.12. The van der Waals surface area contributed by atoms with Gasteiger partial charge in [-0.25, -0.2) is 0 Å². The van der Waals surface area contributed by atoms with Crippen LogP contribution in [0.1, 0.15) is 35.6 Å². The van der Waals surface area contributed by atoms with Crippen molar-refractivity contribution in [2.75, 3.05) is 0 Å². The molecule has 0 aliphatic heterocycles. The Morgan fingerprint density at radius 3 is 3.00 bits per heavy atom. The molecule has 3 rings (SSSR count). The van der Waals surface area contributed by atoms with E-state index in [2.05, 4.69) is 29.4 Å². The molecule has 3 nitrogen and oxygen atoms in total. The van der Waals surface area contributed by atoms with E-state index in [1.807, 2.05) is 19.3 Å². The highest BCUT2D eigenvalue weighted by molar-refractivity contribution is 5.33. The molecule has 1 N–H and O–H groups in total. The fourth-order valence-electron chi connectivity index (χ4n) is 3.12. The van der Waals surface area contributed by atoms with Crippen molar-refractivity contribution in [2.24, 2.45) is 7.05 Å². The van der Waals surface area contributed by atoms with Gasteiger partial charge in [0.1, 0.15) is 0 Å². The highest BCUT2D eigenvalue weighted by Gasteiger charge is 2.26. The third kappa shape index (κ3) is 2.56. The molecule has 2 unspecified atom stereocenters. The number of benzene rings is 1. The minimum absolute atomic E-state index is 0.256. The van der Waals surface area contributed by atoms with Crippen LogP contribution in [0, 0.1) is 0 Å². The van der Waals surface area contributed by atoms with Crippen LogP contribution in [0.15, 0.2) is 36.5 Å². The van der Waals surface area contributed by atoms with Crippen LogP contribution in [0.5, 0.6) is 0 Å². The zero-order valence-electron chi connectivity index (χ0n) is 11.3. The van der Waals surface area contributed by atoms with Crippen LogP contribution in [0.3, 0.4) is 0 Å². The predicted molar refractivity (Wildman–Crippen MR) is 75.0 cm³/mol. The van der Waals surface area contributed by atoms with Gasteiger partial charge < -0.3 is 5.11 Å². The second-order valence-corrected chi connectivity index (χ2v) is 5.45. The van der Waals surface area contributed by atoms with Crippen molar-refractivity contribution in [1.29, 1.82) is 0 Å². The summed E-state index contributed by atoms with van der Waals surface area (Å²) in [6.07, 6.45) is 5.61. The van der Waals surface area contributed by atoms with Gasteiger partial charge in [0.15, 0.2) is 0 Å². The van der Waals surface area contributed by atoms with E-state index in [0.717, 1.165) is 18.5 Å². The van der Waals surface area contributed by atoms with Gasteiger partial charge in [-0.05, 0) is 36.5 Å². The van der Waals surface area contributed by atoms with Gasteiger partial charge in [0.05, 0.1) is 11.8 Å². The lowest BCUT2D eigenvalue weighted by Crippen LogP contribution is -2.25. The average Bonchev–Trinajstić information content (AvgIpc) is 2.83. The van der Waals surface area contributed by atoms with E-state index in [-0.39, 0.29) is 12.0 Å². The molecule has 1 aliphatic rings. The highest BCUT2D eigenvalue weighted by atomic mass is 16.3. The van der Waals surface area contributed by atoms with Gasteiger partial charge in [-0.2, -0.15) is 5.10 Å². The first-order valence-electron chi connectivity index (χ1n) is 6.98. The van der Waals surface area contributed by atoms with E-state index in [9.17, 15) is 5.11 Å². The molecule has 1 aliphatic carbocycles. The van der Waals surface area contributed by atoms with Gasteiger partial charge in [-0.3, -0.25) is 4.68 Å². The van der Waals surface area contributed by atoms with Crippen LogP contribution in [-0.4, -0.2) is 21.0 Å². The molecule has 0 saturated carbocycles. The van der Waals surface area contributed by atoms with Crippen LogP contribution < -0.4 is 0 Å². The van der Waals surface area contributed by atoms with Gasteiger partial charge in [0, 0.05) is 25.6 Å². The Kier molecular flexibility index (Phi) is 3.38. The standard InChI is InChI=1S/C16H20N2O/c1-18-10-9-13(17-18)11-16(19)15-8-4-6-12-5-2-3-7-14(12)15/h2-3,5,7,9-10,15-16,19H,4,6,8,11H2,1H3. The first-order chi connectivity index (χ1) is 9.24. The number of aliphatic hydroxyl groups excluding tert-OH is 1. The monoisotopic (exact) mass is 256 g/mol.